The Balaban J connectivity index is 1.38. The van der Waals surface area contributed by atoms with Gasteiger partial charge >= 0.3 is 0 Å². The number of halogens is 3. The molecular formula is C28H22ClF2N5O. The Morgan fingerprint density at radius 3 is 2.51 bits per heavy atom. The zero-order valence-electron chi connectivity index (χ0n) is 19.7. The number of aromatic nitrogens is 2. The van der Waals surface area contributed by atoms with Crippen LogP contribution >= 0.6 is 11.6 Å². The first-order valence-corrected chi connectivity index (χ1v) is 12.1. The largest absolute Gasteiger partial charge is 0.340 e. The predicted octanol–water partition coefficient (Wildman–Crippen LogP) is 6.07. The quantitative estimate of drug-likeness (QED) is 0.337. The van der Waals surface area contributed by atoms with Gasteiger partial charge < -0.3 is 14.8 Å². The Hall–Kier alpha value is -4.22. The molecule has 6 nitrogen and oxygen atoms in total. The maximum Gasteiger partial charge on any atom is 0.223 e. The van der Waals surface area contributed by atoms with E-state index in [1.807, 2.05) is 16.7 Å². The van der Waals surface area contributed by atoms with Crippen molar-refractivity contribution in [3.8, 4) is 17.3 Å². The SMILES string of the molecule is N#Cc1ccc(CCC(=O)N2CCn3c(nc(-c4ccc(F)cc4)c3Nc3ccc(Cl)c(F)c3)C2)cc1. The third-order valence-electron chi connectivity index (χ3n) is 6.34. The number of anilines is 2. The molecule has 1 aromatic heterocycles. The second-order valence-corrected chi connectivity index (χ2v) is 9.17. The van der Waals surface area contributed by atoms with Crippen LogP contribution in [0.4, 0.5) is 20.3 Å². The Bertz CT molecular complexity index is 1490. The van der Waals surface area contributed by atoms with Gasteiger partial charge in [0.15, 0.2) is 0 Å². The second-order valence-electron chi connectivity index (χ2n) is 8.76. The second kappa shape index (κ2) is 10.4. The maximum absolute atomic E-state index is 14.1. The number of hydrogen-bond acceptors (Lipinski definition) is 4. The minimum absolute atomic E-state index is 0.0104. The lowest BCUT2D eigenvalue weighted by molar-refractivity contribution is -0.132. The highest BCUT2D eigenvalue weighted by Gasteiger charge is 2.27. The van der Waals surface area contributed by atoms with Crippen LogP contribution in [0.5, 0.6) is 0 Å². The number of hydrogen-bond donors (Lipinski definition) is 1. The molecule has 0 saturated heterocycles. The molecule has 1 aliphatic rings. The lowest BCUT2D eigenvalue weighted by Gasteiger charge is -2.28. The number of fused-ring (bicyclic) bond motifs is 1. The van der Waals surface area contributed by atoms with E-state index in [0.29, 0.717) is 66.6 Å². The summed E-state index contributed by atoms with van der Waals surface area (Å²) in [6.45, 7) is 1.30. The fourth-order valence-electron chi connectivity index (χ4n) is 4.35. The zero-order chi connectivity index (χ0) is 25.9. The molecule has 9 heteroatoms. The van der Waals surface area contributed by atoms with Gasteiger partial charge in [-0.05, 0) is 66.6 Å². The average Bonchev–Trinajstić information content (AvgIpc) is 3.27. The molecule has 1 N–H and O–H groups in total. The van der Waals surface area contributed by atoms with Crippen LogP contribution in [0.25, 0.3) is 11.3 Å². The van der Waals surface area contributed by atoms with Crippen molar-refractivity contribution < 1.29 is 13.6 Å². The van der Waals surface area contributed by atoms with Gasteiger partial charge in [0.25, 0.3) is 0 Å². The van der Waals surface area contributed by atoms with Crippen LogP contribution in [0.1, 0.15) is 23.4 Å². The molecule has 0 aliphatic carbocycles. The van der Waals surface area contributed by atoms with Crippen LogP contribution in [0, 0.1) is 23.0 Å². The average molecular weight is 518 g/mol. The van der Waals surface area contributed by atoms with Gasteiger partial charge in [-0.1, -0.05) is 23.7 Å². The standard InChI is InChI=1S/C28H22ClF2N5O/c29-23-11-10-22(15-24(23)31)33-28-27(20-6-8-21(30)9-7-20)34-25-17-35(13-14-36(25)28)26(37)12-5-18-1-3-19(16-32)4-2-18/h1-4,6-11,15,33H,5,12-14,17H2. The summed E-state index contributed by atoms with van der Waals surface area (Å²) in [6.07, 6.45) is 0.915. The van der Waals surface area contributed by atoms with E-state index in [-0.39, 0.29) is 16.7 Å². The van der Waals surface area contributed by atoms with Crippen molar-refractivity contribution in [2.75, 3.05) is 11.9 Å². The van der Waals surface area contributed by atoms with Gasteiger partial charge in [0.2, 0.25) is 5.91 Å². The molecule has 1 amide bonds. The first-order chi connectivity index (χ1) is 17.9. The maximum atomic E-state index is 14.1. The molecule has 3 aromatic carbocycles. The van der Waals surface area contributed by atoms with E-state index in [4.69, 9.17) is 21.8 Å². The molecule has 37 heavy (non-hydrogen) atoms. The van der Waals surface area contributed by atoms with Crippen LogP contribution in [0.15, 0.2) is 66.7 Å². The Morgan fingerprint density at radius 2 is 1.81 bits per heavy atom. The number of carbonyl (C=O) groups is 1. The molecule has 0 atom stereocenters. The molecular weight excluding hydrogens is 496 g/mol. The fraction of sp³-hybridized carbons (Fsp3) is 0.179. The van der Waals surface area contributed by atoms with Gasteiger partial charge in [-0.25, -0.2) is 13.8 Å². The summed E-state index contributed by atoms with van der Waals surface area (Å²) in [5, 5.41) is 12.2. The highest BCUT2D eigenvalue weighted by molar-refractivity contribution is 6.30. The molecule has 0 unspecified atom stereocenters. The molecule has 0 radical (unpaired) electrons. The number of amides is 1. The number of imidazole rings is 1. The molecule has 5 rings (SSSR count). The molecule has 0 saturated carbocycles. The third kappa shape index (κ3) is 5.32. The summed E-state index contributed by atoms with van der Waals surface area (Å²) < 4.78 is 29.6. The van der Waals surface area contributed by atoms with Crippen LogP contribution in [-0.2, 0) is 24.3 Å². The molecule has 0 spiro atoms. The van der Waals surface area contributed by atoms with E-state index in [2.05, 4.69) is 11.4 Å². The van der Waals surface area contributed by atoms with Gasteiger partial charge in [0, 0.05) is 30.8 Å². The third-order valence-corrected chi connectivity index (χ3v) is 6.64. The van der Waals surface area contributed by atoms with Crippen molar-refractivity contribution in [3.05, 3.63) is 100 Å². The van der Waals surface area contributed by atoms with E-state index in [1.54, 1.807) is 35.2 Å². The van der Waals surface area contributed by atoms with Crippen molar-refractivity contribution in [2.24, 2.45) is 0 Å². The number of benzene rings is 3. The summed E-state index contributed by atoms with van der Waals surface area (Å²) in [6, 6.07) is 19.7. The Labute approximate surface area is 217 Å². The van der Waals surface area contributed by atoms with Gasteiger partial charge in [-0.2, -0.15) is 5.26 Å². The smallest absolute Gasteiger partial charge is 0.223 e. The lowest BCUT2D eigenvalue weighted by Crippen LogP contribution is -2.38. The minimum Gasteiger partial charge on any atom is -0.340 e. The van der Waals surface area contributed by atoms with E-state index in [0.717, 1.165) is 5.56 Å². The van der Waals surface area contributed by atoms with E-state index in [9.17, 15) is 13.6 Å². The van der Waals surface area contributed by atoms with Gasteiger partial charge in [0.1, 0.15) is 29.0 Å². The highest BCUT2D eigenvalue weighted by atomic mass is 35.5. The number of nitrogens with zero attached hydrogens (tertiary/aromatic N) is 4. The predicted molar refractivity (Wildman–Crippen MR) is 137 cm³/mol. The topological polar surface area (TPSA) is 74.0 Å². The number of nitriles is 1. The van der Waals surface area contributed by atoms with Crippen molar-refractivity contribution in [1.29, 1.82) is 5.26 Å². The van der Waals surface area contributed by atoms with Crippen molar-refractivity contribution in [2.45, 2.75) is 25.9 Å². The summed E-state index contributed by atoms with van der Waals surface area (Å²) in [5.74, 6) is 0.409. The van der Waals surface area contributed by atoms with Gasteiger partial charge in [0.05, 0.1) is 23.2 Å². The minimum atomic E-state index is -0.549. The molecule has 2 heterocycles. The van der Waals surface area contributed by atoms with Crippen LogP contribution in [0.2, 0.25) is 5.02 Å². The molecule has 1 aliphatic heterocycles. The van der Waals surface area contributed by atoms with Crippen LogP contribution < -0.4 is 5.32 Å². The monoisotopic (exact) mass is 517 g/mol. The number of rotatable bonds is 6. The summed E-state index contributed by atoms with van der Waals surface area (Å²) in [5.41, 5.74) is 3.34. The molecule has 0 bridgehead atoms. The normalized spacial score (nSPS) is 12.6. The van der Waals surface area contributed by atoms with E-state index >= 15 is 0 Å². The number of aryl methyl sites for hydroxylation is 1. The molecule has 0 fully saturated rings. The first-order valence-electron chi connectivity index (χ1n) is 11.8. The van der Waals surface area contributed by atoms with Gasteiger partial charge in [-0.15, -0.1) is 0 Å². The summed E-state index contributed by atoms with van der Waals surface area (Å²) >= 11 is 5.84. The van der Waals surface area contributed by atoms with Crippen LogP contribution in [0.3, 0.4) is 0 Å². The lowest BCUT2D eigenvalue weighted by atomic mass is 10.1. The molecule has 4 aromatic rings. The highest BCUT2D eigenvalue weighted by Crippen LogP contribution is 2.34. The Morgan fingerprint density at radius 1 is 1.05 bits per heavy atom. The fourth-order valence-corrected chi connectivity index (χ4v) is 4.46. The molecule has 186 valence electrons. The van der Waals surface area contributed by atoms with Crippen LogP contribution in [-0.4, -0.2) is 26.9 Å². The Kier molecular flexibility index (Phi) is 6.89. The summed E-state index contributed by atoms with van der Waals surface area (Å²) in [4.78, 5) is 19.5. The zero-order valence-corrected chi connectivity index (χ0v) is 20.5. The summed E-state index contributed by atoms with van der Waals surface area (Å²) in [7, 11) is 0. The van der Waals surface area contributed by atoms with Gasteiger partial charge in [-0.3, -0.25) is 4.79 Å². The van der Waals surface area contributed by atoms with Crippen molar-refractivity contribution >= 4 is 29.0 Å². The number of nitrogens with one attached hydrogen (secondary N) is 1. The number of carbonyl (C=O) groups excluding carboxylic acids is 1. The first kappa shape index (κ1) is 24.5. The van der Waals surface area contributed by atoms with Crippen molar-refractivity contribution in [3.63, 3.8) is 0 Å². The van der Waals surface area contributed by atoms with Crippen molar-refractivity contribution in [1.82, 2.24) is 14.5 Å². The van der Waals surface area contributed by atoms with E-state index < -0.39 is 5.82 Å². The van der Waals surface area contributed by atoms with E-state index in [1.165, 1.54) is 24.3 Å².